The van der Waals surface area contributed by atoms with Crippen LogP contribution in [0.4, 0.5) is 0 Å². The van der Waals surface area contributed by atoms with Gasteiger partial charge in [0.15, 0.2) is 12.6 Å². The molecule has 0 radical (unpaired) electrons. The summed E-state index contributed by atoms with van der Waals surface area (Å²) in [6.45, 7) is 0.168. The minimum Gasteiger partial charge on any atom is -0.493 e. The molecular weight excluding hydrogens is 172 g/mol. The summed E-state index contributed by atoms with van der Waals surface area (Å²) in [5.41, 5.74) is 0.755. The summed E-state index contributed by atoms with van der Waals surface area (Å²) >= 11 is 0. The van der Waals surface area contributed by atoms with Gasteiger partial charge in [0.1, 0.15) is 11.5 Å². The van der Waals surface area contributed by atoms with Crippen molar-refractivity contribution in [3.63, 3.8) is 0 Å². The Morgan fingerprint density at radius 3 is 3.23 bits per heavy atom. The molecule has 4 heteroatoms. The number of hydrogen-bond acceptors (Lipinski definition) is 4. The molecule has 13 heavy (non-hydrogen) atoms. The summed E-state index contributed by atoms with van der Waals surface area (Å²) < 4.78 is 10.1. The van der Waals surface area contributed by atoms with Gasteiger partial charge in [-0.1, -0.05) is 0 Å². The van der Waals surface area contributed by atoms with Gasteiger partial charge in [0.2, 0.25) is 0 Å². The van der Waals surface area contributed by atoms with E-state index >= 15 is 0 Å². The molecule has 0 fully saturated rings. The predicted octanol–water partition coefficient (Wildman–Crippen LogP) is 0.484. The van der Waals surface area contributed by atoms with Crippen molar-refractivity contribution in [2.24, 2.45) is 0 Å². The zero-order valence-electron chi connectivity index (χ0n) is 7.08. The lowest BCUT2D eigenvalue weighted by molar-refractivity contribution is -0.116. The van der Waals surface area contributed by atoms with Crippen molar-refractivity contribution in [2.45, 2.75) is 12.8 Å². The lowest BCUT2D eigenvalue weighted by atomic mass is 10.00. The van der Waals surface area contributed by atoms with Crippen molar-refractivity contribution in [3.05, 3.63) is 23.2 Å². The molecule has 2 aliphatic rings. The van der Waals surface area contributed by atoms with E-state index in [9.17, 15) is 4.79 Å². The van der Waals surface area contributed by atoms with E-state index in [0.717, 1.165) is 5.57 Å². The molecule has 1 aliphatic carbocycles. The standard InChI is InChI=1S/C9H10O4/c10-5-13-6-3-8(11)7-1-2-12-9(7)4-6/h4,10H,1-3,5H2. The molecule has 0 unspecified atom stereocenters. The monoisotopic (exact) mass is 182 g/mol. The smallest absolute Gasteiger partial charge is 0.185 e. The normalized spacial score (nSPS) is 21.0. The van der Waals surface area contributed by atoms with E-state index in [2.05, 4.69) is 0 Å². The van der Waals surface area contributed by atoms with Crippen LogP contribution < -0.4 is 0 Å². The molecule has 0 bridgehead atoms. The molecule has 0 aromatic heterocycles. The van der Waals surface area contributed by atoms with Crippen LogP contribution in [0.2, 0.25) is 0 Å². The topological polar surface area (TPSA) is 55.8 Å². The van der Waals surface area contributed by atoms with Gasteiger partial charge in [-0.3, -0.25) is 4.79 Å². The third-order valence-corrected chi connectivity index (χ3v) is 2.12. The first-order valence-electron chi connectivity index (χ1n) is 4.14. The fraction of sp³-hybridized carbons (Fsp3) is 0.444. The number of Topliss-reactive ketones (excluding diaryl/α,β-unsaturated/α-hetero) is 1. The summed E-state index contributed by atoms with van der Waals surface area (Å²) in [7, 11) is 0. The van der Waals surface area contributed by atoms with Crippen LogP contribution >= 0.6 is 0 Å². The van der Waals surface area contributed by atoms with E-state index in [1.54, 1.807) is 6.08 Å². The minimum absolute atomic E-state index is 0.0402. The molecule has 1 N–H and O–H groups in total. The van der Waals surface area contributed by atoms with Gasteiger partial charge in [0, 0.05) is 18.1 Å². The molecule has 0 saturated carbocycles. The third kappa shape index (κ3) is 1.45. The summed E-state index contributed by atoms with van der Waals surface area (Å²) in [4.78, 5) is 11.4. The SMILES string of the molecule is O=C1CC(OCO)=CC2=C1CCO2. The average molecular weight is 182 g/mol. The van der Waals surface area contributed by atoms with E-state index in [1.165, 1.54) is 0 Å². The summed E-state index contributed by atoms with van der Waals surface area (Å²) in [5, 5.41) is 8.51. The highest BCUT2D eigenvalue weighted by atomic mass is 16.6. The van der Waals surface area contributed by atoms with E-state index < -0.39 is 6.79 Å². The van der Waals surface area contributed by atoms with Gasteiger partial charge in [0.05, 0.1) is 13.0 Å². The molecule has 0 aromatic carbocycles. The highest BCUT2D eigenvalue weighted by Crippen LogP contribution is 2.29. The molecule has 2 rings (SSSR count). The Kier molecular flexibility index (Phi) is 2.06. The molecule has 0 saturated heterocycles. The van der Waals surface area contributed by atoms with E-state index in [1.807, 2.05) is 0 Å². The molecule has 0 amide bonds. The van der Waals surface area contributed by atoms with Crippen LogP contribution in [-0.4, -0.2) is 24.3 Å². The maximum absolute atomic E-state index is 11.4. The van der Waals surface area contributed by atoms with Crippen molar-refractivity contribution < 1.29 is 19.4 Å². The van der Waals surface area contributed by atoms with Crippen molar-refractivity contribution in [3.8, 4) is 0 Å². The lowest BCUT2D eigenvalue weighted by Crippen LogP contribution is -2.10. The van der Waals surface area contributed by atoms with Crippen LogP contribution in [0.25, 0.3) is 0 Å². The number of aliphatic hydroxyl groups excluding tert-OH is 1. The van der Waals surface area contributed by atoms with Crippen molar-refractivity contribution in [1.29, 1.82) is 0 Å². The average Bonchev–Trinajstić information content (AvgIpc) is 2.53. The Hall–Kier alpha value is -1.29. The molecule has 4 nitrogen and oxygen atoms in total. The second kappa shape index (κ2) is 3.22. The molecule has 0 atom stereocenters. The van der Waals surface area contributed by atoms with Gasteiger partial charge in [-0.25, -0.2) is 0 Å². The van der Waals surface area contributed by atoms with Gasteiger partial charge in [0.25, 0.3) is 0 Å². The lowest BCUT2D eigenvalue weighted by Gasteiger charge is -2.12. The zero-order valence-corrected chi connectivity index (χ0v) is 7.08. The molecule has 70 valence electrons. The number of ketones is 1. The van der Waals surface area contributed by atoms with E-state index in [4.69, 9.17) is 14.6 Å². The number of ether oxygens (including phenoxy) is 2. The molecular formula is C9H10O4. The number of allylic oxidation sites excluding steroid dienone is 2. The van der Waals surface area contributed by atoms with Crippen molar-refractivity contribution >= 4 is 5.78 Å². The van der Waals surface area contributed by atoms with Gasteiger partial charge in [-0.15, -0.1) is 0 Å². The number of rotatable bonds is 2. The largest absolute Gasteiger partial charge is 0.493 e. The first kappa shape index (κ1) is 8.31. The molecule has 1 aliphatic heterocycles. The van der Waals surface area contributed by atoms with Gasteiger partial charge in [-0.2, -0.15) is 0 Å². The highest BCUT2D eigenvalue weighted by molar-refractivity contribution is 5.99. The van der Waals surface area contributed by atoms with Crippen LogP contribution in [0.5, 0.6) is 0 Å². The number of hydrogen-bond donors (Lipinski definition) is 1. The van der Waals surface area contributed by atoms with E-state index in [0.29, 0.717) is 24.5 Å². The van der Waals surface area contributed by atoms with Crippen LogP contribution in [0, 0.1) is 0 Å². The third-order valence-electron chi connectivity index (χ3n) is 2.12. The highest BCUT2D eigenvalue weighted by Gasteiger charge is 2.26. The maximum atomic E-state index is 11.4. The fourth-order valence-electron chi connectivity index (χ4n) is 1.52. The van der Waals surface area contributed by atoms with Crippen LogP contribution in [0.3, 0.4) is 0 Å². The maximum Gasteiger partial charge on any atom is 0.185 e. The van der Waals surface area contributed by atoms with Gasteiger partial charge < -0.3 is 14.6 Å². The first-order valence-corrected chi connectivity index (χ1v) is 4.14. The summed E-state index contributed by atoms with van der Waals surface area (Å²) in [6, 6.07) is 0. The van der Waals surface area contributed by atoms with Crippen LogP contribution in [-0.2, 0) is 14.3 Å². The van der Waals surface area contributed by atoms with Gasteiger partial charge in [-0.05, 0) is 0 Å². The van der Waals surface area contributed by atoms with Crippen LogP contribution in [0.15, 0.2) is 23.2 Å². The quantitative estimate of drug-likeness (QED) is 0.631. The summed E-state index contributed by atoms with van der Waals surface area (Å²) in [6.07, 6.45) is 2.61. The van der Waals surface area contributed by atoms with Crippen LogP contribution in [0.1, 0.15) is 12.8 Å². The number of carbonyl (C=O) groups is 1. The first-order chi connectivity index (χ1) is 6.31. The number of carbonyl (C=O) groups excluding carboxylic acids is 1. The minimum atomic E-state index is -0.401. The van der Waals surface area contributed by atoms with Crippen molar-refractivity contribution in [2.75, 3.05) is 13.4 Å². The Balaban J connectivity index is 2.22. The van der Waals surface area contributed by atoms with Crippen molar-refractivity contribution in [1.82, 2.24) is 0 Å². The Labute approximate surface area is 75.5 Å². The molecule has 0 spiro atoms. The summed E-state index contributed by atoms with van der Waals surface area (Å²) in [5.74, 6) is 1.13. The number of aliphatic hydroxyl groups is 1. The second-order valence-corrected chi connectivity index (χ2v) is 2.93. The zero-order chi connectivity index (χ0) is 9.26. The Morgan fingerprint density at radius 1 is 1.62 bits per heavy atom. The molecule has 0 aromatic rings. The predicted molar refractivity (Wildman–Crippen MR) is 43.5 cm³/mol. The Morgan fingerprint density at radius 2 is 2.46 bits per heavy atom. The Bertz CT molecular complexity index is 301. The fourth-order valence-corrected chi connectivity index (χ4v) is 1.52. The second-order valence-electron chi connectivity index (χ2n) is 2.93. The molecule has 1 heterocycles. The van der Waals surface area contributed by atoms with Gasteiger partial charge >= 0.3 is 0 Å². The van der Waals surface area contributed by atoms with E-state index in [-0.39, 0.29) is 12.2 Å².